The Labute approximate surface area is 79.3 Å². The molecule has 0 aromatic carbocycles. The van der Waals surface area contributed by atoms with Gasteiger partial charge in [0.15, 0.2) is 0 Å². The van der Waals surface area contributed by atoms with Crippen molar-refractivity contribution in [1.29, 1.82) is 0 Å². The van der Waals surface area contributed by atoms with E-state index in [2.05, 4.69) is 11.5 Å². The molecule has 7 heteroatoms. The van der Waals surface area contributed by atoms with Crippen LogP contribution in [-0.2, 0) is 9.59 Å². The lowest BCUT2D eigenvalue weighted by Gasteiger charge is -2.11. The molecule has 76 valence electrons. The first-order valence-corrected chi connectivity index (χ1v) is 4.76. The summed E-state index contributed by atoms with van der Waals surface area (Å²) < 4.78 is 0. The Kier molecular flexibility index (Phi) is 5.44. The zero-order valence-corrected chi connectivity index (χ0v) is 7.84. The van der Waals surface area contributed by atoms with Gasteiger partial charge >= 0.3 is 0 Å². The smallest absolute Gasteiger partial charge is 0.134 e. The Morgan fingerprint density at radius 3 is 1.62 bits per heavy atom. The van der Waals surface area contributed by atoms with Crippen molar-refractivity contribution in [2.45, 2.75) is 12.1 Å². The third-order valence-electron chi connectivity index (χ3n) is 1.30. The molecule has 0 amide bonds. The summed E-state index contributed by atoms with van der Waals surface area (Å²) in [4.78, 5) is 20.4. The molecule has 0 aliphatic heterocycles. The quantitative estimate of drug-likeness (QED) is 0.448. The van der Waals surface area contributed by atoms with Crippen molar-refractivity contribution >= 4 is 23.7 Å². The molecule has 2 atom stereocenters. The van der Waals surface area contributed by atoms with E-state index < -0.39 is 24.0 Å². The van der Waals surface area contributed by atoms with E-state index in [1.54, 1.807) is 0 Å². The molecule has 0 heterocycles. The van der Waals surface area contributed by atoms with Gasteiger partial charge in [0.1, 0.15) is 12.1 Å². The van der Waals surface area contributed by atoms with E-state index in [1.165, 1.54) is 0 Å². The standard InChI is InChI=1S/C6H12N2O4S/c7-3(5(9)10)1-13-2-4(8)6(11)12/h3-4H,1-2,7-8H2,(H,9,10)(H,11,12)/t3-,4+. The second kappa shape index (κ2) is 5.79. The number of hydrogen-bond donors (Lipinski definition) is 2. The van der Waals surface area contributed by atoms with E-state index in [4.69, 9.17) is 0 Å². The molecule has 0 aliphatic rings. The summed E-state index contributed by atoms with van der Waals surface area (Å²) in [6, 6.07) is -1.64. The number of hydrogen-bond acceptors (Lipinski definition) is 5. The van der Waals surface area contributed by atoms with Gasteiger partial charge in [-0.05, 0) is 0 Å². The van der Waals surface area contributed by atoms with Crippen LogP contribution in [0.1, 0.15) is 0 Å². The topological polar surface area (TPSA) is 136 Å². The molecule has 0 rings (SSSR count). The molecule has 6 N–H and O–H groups in total. The van der Waals surface area contributed by atoms with Crippen LogP contribution in [0.25, 0.3) is 0 Å². The Morgan fingerprint density at radius 1 is 1.08 bits per heavy atom. The Morgan fingerprint density at radius 2 is 1.38 bits per heavy atom. The third-order valence-corrected chi connectivity index (χ3v) is 2.58. The van der Waals surface area contributed by atoms with Gasteiger partial charge in [-0.3, -0.25) is 0 Å². The van der Waals surface area contributed by atoms with Crippen LogP contribution in [0.2, 0.25) is 0 Å². The Balaban J connectivity index is 3.56. The maximum Gasteiger partial charge on any atom is 0.134 e. The van der Waals surface area contributed by atoms with Crippen molar-refractivity contribution in [3.8, 4) is 0 Å². The van der Waals surface area contributed by atoms with Gasteiger partial charge in [-0.1, -0.05) is 0 Å². The molecule has 0 radical (unpaired) electrons. The fraction of sp³-hybridized carbons (Fsp3) is 0.667. The summed E-state index contributed by atoms with van der Waals surface area (Å²) in [5, 5.41) is 20.4. The van der Waals surface area contributed by atoms with Crippen molar-refractivity contribution in [2.75, 3.05) is 11.5 Å². The van der Waals surface area contributed by atoms with Crippen LogP contribution in [0, 0.1) is 0 Å². The summed E-state index contributed by atoms with van der Waals surface area (Å²) in [6.45, 7) is 0. The van der Waals surface area contributed by atoms with Gasteiger partial charge in [-0.25, -0.2) is 0 Å². The number of carbonyl (C=O) groups is 2. The highest BCUT2D eigenvalue weighted by Crippen LogP contribution is 2.01. The zero-order chi connectivity index (χ0) is 10.4. The molecular formula is C6H12N2O4S. The number of aliphatic carboxylic acids is 2. The van der Waals surface area contributed by atoms with Crippen LogP contribution in [0.15, 0.2) is 0 Å². The van der Waals surface area contributed by atoms with Crippen LogP contribution in [0.3, 0.4) is 0 Å². The second-order valence-electron chi connectivity index (χ2n) is 2.57. The first-order valence-electron chi connectivity index (χ1n) is 3.60. The normalized spacial score (nSPS) is 14.9. The van der Waals surface area contributed by atoms with Crippen LogP contribution in [0.5, 0.6) is 0 Å². The predicted molar refractivity (Wildman–Crippen MR) is 40.7 cm³/mol. The lowest BCUT2D eigenvalue weighted by Crippen LogP contribution is -2.71. The van der Waals surface area contributed by atoms with Crippen molar-refractivity contribution in [3.05, 3.63) is 0 Å². The lowest BCUT2D eigenvalue weighted by molar-refractivity contribution is -0.432. The summed E-state index contributed by atoms with van der Waals surface area (Å²) in [6.07, 6.45) is 0. The first-order chi connectivity index (χ1) is 5.95. The fourth-order valence-electron chi connectivity index (χ4n) is 0.489. The molecule has 0 unspecified atom stereocenters. The number of quaternary nitrogens is 2. The number of rotatable bonds is 6. The molecule has 6 nitrogen and oxygen atoms in total. The van der Waals surface area contributed by atoms with Crippen LogP contribution in [-0.4, -0.2) is 35.5 Å². The summed E-state index contributed by atoms with van der Waals surface area (Å²) in [5.41, 5.74) is 6.63. The molecule has 0 aromatic rings. The van der Waals surface area contributed by atoms with Gasteiger partial charge in [-0.2, -0.15) is 0 Å². The van der Waals surface area contributed by atoms with Gasteiger partial charge in [0.25, 0.3) is 0 Å². The summed E-state index contributed by atoms with van der Waals surface area (Å²) in [7, 11) is 0. The van der Waals surface area contributed by atoms with Crippen LogP contribution in [0.4, 0.5) is 0 Å². The lowest BCUT2D eigenvalue weighted by atomic mass is 10.4. The van der Waals surface area contributed by atoms with Crippen molar-refractivity contribution in [2.24, 2.45) is 0 Å². The first kappa shape index (κ1) is 12.2. The fourth-order valence-corrected chi connectivity index (χ4v) is 1.47. The molecular weight excluding hydrogens is 196 g/mol. The SMILES string of the molecule is [NH3+][C@H](CSC[C@H]([NH3+])C(=O)[O-])C(=O)[O-]. The largest absolute Gasteiger partial charge is 0.544 e. The number of carbonyl (C=O) groups excluding carboxylic acids is 2. The van der Waals surface area contributed by atoms with Gasteiger partial charge in [0.2, 0.25) is 0 Å². The average Bonchev–Trinajstić information content (AvgIpc) is 2.03. The third kappa shape index (κ3) is 5.45. The maximum absolute atomic E-state index is 10.2. The van der Waals surface area contributed by atoms with Crippen molar-refractivity contribution in [1.82, 2.24) is 0 Å². The Hall–Kier alpha value is -0.790. The predicted octanol–water partition coefficient (Wildman–Crippen LogP) is -5.56. The monoisotopic (exact) mass is 208 g/mol. The Bertz CT molecular complexity index is 179. The highest BCUT2D eigenvalue weighted by atomic mass is 32.2. The number of carboxylic acids is 2. The second-order valence-corrected chi connectivity index (χ2v) is 3.64. The van der Waals surface area contributed by atoms with E-state index in [1.807, 2.05) is 0 Å². The summed E-state index contributed by atoms with van der Waals surface area (Å²) >= 11 is 1.16. The molecule has 0 saturated carbocycles. The molecule has 0 spiro atoms. The average molecular weight is 208 g/mol. The highest BCUT2D eigenvalue weighted by Gasteiger charge is 2.11. The van der Waals surface area contributed by atoms with Gasteiger partial charge in [-0.15, -0.1) is 11.8 Å². The molecule has 0 fully saturated rings. The highest BCUT2D eigenvalue weighted by molar-refractivity contribution is 7.99. The van der Waals surface area contributed by atoms with Gasteiger partial charge in [0.05, 0.1) is 23.4 Å². The van der Waals surface area contributed by atoms with E-state index in [0.717, 1.165) is 11.8 Å². The zero-order valence-electron chi connectivity index (χ0n) is 7.02. The molecule has 0 saturated heterocycles. The maximum atomic E-state index is 10.2. The van der Waals surface area contributed by atoms with E-state index >= 15 is 0 Å². The summed E-state index contributed by atoms with van der Waals surface area (Å²) in [5.74, 6) is -2.02. The molecule has 0 aromatic heterocycles. The van der Waals surface area contributed by atoms with Crippen LogP contribution >= 0.6 is 11.8 Å². The molecule has 0 aliphatic carbocycles. The molecule has 0 bridgehead atoms. The molecule has 13 heavy (non-hydrogen) atoms. The number of thioether (sulfide) groups is 1. The van der Waals surface area contributed by atoms with Gasteiger partial charge < -0.3 is 31.3 Å². The van der Waals surface area contributed by atoms with E-state index in [0.29, 0.717) is 0 Å². The van der Waals surface area contributed by atoms with E-state index in [9.17, 15) is 19.8 Å². The minimum Gasteiger partial charge on any atom is -0.544 e. The van der Waals surface area contributed by atoms with Crippen molar-refractivity contribution in [3.63, 3.8) is 0 Å². The van der Waals surface area contributed by atoms with Crippen LogP contribution < -0.4 is 21.7 Å². The minimum atomic E-state index is -1.23. The van der Waals surface area contributed by atoms with Crippen molar-refractivity contribution < 1.29 is 31.3 Å². The minimum absolute atomic E-state index is 0.224. The van der Waals surface area contributed by atoms with E-state index in [-0.39, 0.29) is 11.5 Å². The number of carboxylic acid groups (broad SMARTS) is 2. The van der Waals surface area contributed by atoms with Gasteiger partial charge in [0, 0.05) is 0 Å².